The van der Waals surface area contributed by atoms with Gasteiger partial charge in [-0.25, -0.2) is 0 Å². The molecule has 1 aromatic heterocycles. The van der Waals surface area contributed by atoms with Crippen LogP contribution in [0.15, 0.2) is 48.5 Å². The summed E-state index contributed by atoms with van der Waals surface area (Å²) in [6, 6.07) is 15.8. The average molecular weight is 317 g/mol. The highest BCUT2D eigenvalue weighted by atomic mass is 35.5. The van der Waals surface area contributed by atoms with Crippen LogP contribution in [0.25, 0.3) is 10.9 Å². The molecule has 0 saturated carbocycles. The molecule has 0 aliphatic heterocycles. The maximum Gasteiger partial charge on any atom is 0.0708 e. The number of nitrogens with zero attached hydrogens (tertiary/aromatic N) is 1. The molecule has 0 spiro atoms. The molecule has 2 aromatic carbocycles. The third kappa shape index (κ3) is 3.12. The first-order chi connectivity index (χ1) is 10.1. The van der Waals surface area contributed by atoms with Gasteiger partial charge in [-0.2, -0.15) is 0 Å². The number of para-hydroxylation sites is 1. The molecule has 0 radical (unpaired) electrons. The van der Waals surface area contributed by atoms with Crippen LogP contribution in [0.4, 0.5) is 5.69 Å². The Morgan fingerprint density at radius 3 is 2.62 bits per heavy atom. The fraction of sp³-hybridized carbons (Fsp3) is 0.118. The van der Waals surface area contributed by atoms with E-state index in [0.717, 1.165) is 22.3 Å². The van der Waals surface area contributed by atoms with E-state index < -0.39 is 0 Å². The van der Waals surface area contributed by atoms with Gasteiger partial charge in [0.2, 0.25) is 0 Å². The third-order valence-corrected chi connectivity index (χ3v) is 4.07. The van der Waals surface area contributed by atoms with Crippen molar-refractivity contribution in [3.05, 3.63) is 69.8 Å². The summed E-state index contributed by atoms with van der Waals surface area (Å²) >= 11 is 12.0. The largest absolute Gasteiger partial charge is 0.381 e. The van der Waals surface area contributed by atoms with Gasteiger partial charge in [-0.1, -0.05) is 41.4 Å². The first kappa shape index (κ1) is 14.2. The van der Waals surface area contributed by atoms with E-state index in [4.69, 9.17) is 23.2 Å². The molecule has 2 nitrogen and oxygen atoms in total. The van der Waals surface area contributed by atoms with Crippen molar-refractivity contribution in [1.82, 2.24) is 4.98 Å². The maximum absolute atomic E-state index is 6.03. The Kier molecular flexibility index (Phi) is 4.00. The monoisotopic (exact) mass is 316 g/mol. The van der Waals surface area contributed by atoms with Crippen LogP contribution in [0, 0.1) is 6.92 Å². The highest BCUT2D eigenvalue weighted by Gasteiger charge is 2.04. The minimum absolute atomic E-state index is 0.553. The van der Waals surface area contributed by atoms with E-state index in [1.54, 1.807) is 6.07 Å². The van der Waals surface area contributed by atoms with Crippen LogP contribution in [0.3, 0.4) is 0 Å². The van der Waals surface area contributed by atoms with Gasteiger partial charge in [0.05, 0.1) is 15.6 Å². The van der Waals surface area contributed by atoms with Crippen LogP contribution in [0.2, 0.25) is 10.0 Å². The lowest BCUT2D eigenvalue weighted by atomic mass is 10.1. The van der Waals surface area contributed by atoms with Crippen molar-refractivity contribution < 1.29 is 0 Å². The Morgan fingerprint density at radius 1 is 1.00 bits per heavy atom. The molecule has 1 heterocycles. The van der Waals surface area contributed by atoms with Gasteiger partial charge in [0.25, 0.3) is 0 Å². The summed E-state index contributed by atoms with van der Waals surface area (Å²) in [4.78, 5) is 4.55. The van der Waals surface area contributed by atoms with Crippen LogP contribution in [-0.4, -0.2) is 4.98 Å². The zero-order valence-electron chi connectivity index (χ0n) is 11.5. The molecule has 0 aliphatic rings. The summed E-state index contributed by atoms with van der Waals surface area (Å²) in [7, 11) is 0. The van der Waals surface area contributed by atoms with Crippen molar-refractivity contribution in [2.45, 2.75) is 13.5 Å². The van der Waals surface area contributed by atoms with Crippen LogP contribution in [-0.2, 0) is 6.54 Å². The fourth-order valence-corrected chi connectivity index (χ4v) is 2.64. The van der Waals surface area contributed by atoms with Gasteiger partial charge in [0.1, 0.15) is 0 Å². The van der Waals surface area contributed by atoms with E-state index in [2.05, 4.69) is 22.4 Å². The molecular weight excluding hydrogens is 303 g/mol. The highest BCUT2D eigenvalue weighted by Crippen LogP contribution is 2.26. The molecule has 3 aromatic rings. The second-order valence-electron chi connectivity index (χ2n) is 4.92. The Morgan fingerprint density at radius 2 is 1.81 bits per heavy atom. The molecule has 3 rings (SSSR count). The van der Waals surface area contributed by atoms with Gasteiger partial charge < -0.3 is 5.32 Å². The maximum atomic E-state index is 6.03. The minimum atomic E-state index is 0.553. The molecule has 0 bridgehead atoms. The summed E-state index contributed by atoms with van der Waals surface area (Å²) in [6.45, 7) is 2.72. The van der Waals surface area contributed by atoms with Crippen molar-refractivity contribution in [3.63, 3.8) is 0 Å². The minimum Gasteiger partial charge on any atom is -0.381 e. The van der Waals surface area contributed by atoms with E-state index in [-0.39, 0.29) is 0 Å². The number of nitrogens with one attached hydrogen (secondary N) is 1. The Labute approximate surface area is 133 Å². The van der Waals surface area contributed by atoms with Gasteiger partial charge in [-0.05, 0) is 42.8 Å². The number of hydrogen-bond acceptors (Lipinski definition) is 2. The van der Waals surface area contributed by atoms with Gasteiger partial charge in [0, 0.05) is 23.3 Å². The van der Waals surface area contributed by atoms with Crippen molar-refractivity contribution in [2.75, 3.05) is 5.32 Å². The van der Waals surface area contributed by atoms with Gasteiger partial charge in [-0.15, -0.1) is 0 Å². The van der Waals surface area contributed by atoms with Crippen LogP contribution in [0.1, 0.15) is 11.3 Å². The van der Waals surface area contributed by atoms with E-state index in [9.17, 15) is 0 Å². The average Bonchev–Trinajstić information content (AvgIpc) is 2.48. The van der Waals surface area contributed by atoms with E-state index >= 15 is 0 Å². The molecule has 0 aliphatic carbocycles. The Bertz CT molecular complexity index is 800. The van der Waals surface area contributed by atoms with Crippen molar-refractivity contribution in [1.29, 1.82) is 0 Å². The fourth-order valence-electron chi connectivity index (χ4n) is 2.34. The molecule has 1 N–H and O–H groups in total. The van der Waals surface area contributed by atoms with Crippen LogP contribution >= 0.6 is 23.2 Å². The molecule has 106 valence electrons. The number of hydrogen-bond donors (Lipinski definition) is 1. The SMILES string of the molecule is Cc1cc(CNc2ccc(Cl)c(Cl)c2)c2ccccc2n1. The van der Waals surface area contributed by atoms with Crippen molar-refractivity contribution in [3.8, 4) is 0 Å². The number of benzene rings is 2. The summed E-state index contributed by atoms with van der Waals surface area (Å²) in [6.07, 6.45) is 0. The number of aromatic nitrogens is 1. The summed E-state index contributed by atoms with van der Waals surface area (Å²) in [5.41, 5.74) is 4.19. The van der Waals surface area contributed by atoms with Gasteiger partial charge in [-0.3, -0.25) is 4.98 Å². The summed E-state index contributed by atoms with van der Waals surface area (Å²) < 4.78 is 0. The normalized spacial score (nSPS) is 10.8. The topological polar surface area (TPSA) is 24.9 Å². The number of anilines is 1. The number of aryl methyl sites for hydroxylation is 1. The highest BCUT2D eigenvalue weighted by molar-refractivity contribution is 6.42. The number of rotatable bonds is 3. The second-order valence-corrected chi connectivity index (χ2v) is 5.74. The van der Waals surface area contributed by atoms with E-state index in [0.29, 0.717) is 16.6 Å². The summed E-state index contributed by atoms with van der Waals surface area (Å²) in [5.74, 6) is 0. The first-order valence-electron chi connectivity index (χ1n) is 6.68. The molecular formula is C17H14Cl2N2. The molecule has 0 saturated heterocycles. The number of fused-ring (bicyclic) bond motifs is 1. The molecule has 0 fully saturated rings. The molecule has 21 heavy (non-hydrogen) atoms. The molecule has 0 amide bonds. The molecule has 0 atom stereocenters. The Balaban J connectivity index is 1.89. The second kappa shape index (κ2) is 5.92. The summed E-state index contributed by atoms with van der Waals surface area (Å²) in [5, 5.41) is 5.66. The van der Waals surface area contributed by atoms with Crippen LogP contribution in [0.5, 0.6) is 0 Å². The lowest BCUT2D eigenvalue weighted by molar-refractivity contribution is 1.13. The van der Waals surface area contributed by atoms with Crippen molar-refractivity contribution >= 4 is 39.8 Å². The van der Waals surface area contributed by atoms with Gasteiger partial charge in [0.15, 0.2) is 0 Å². The van der Waals surface area contributed by atoms with Crippen molar-refractivity contribution in [2.24, 2.45) is 0 Å². The smallest absolute Gasteiger partial charge is 0.0708 e. The quantitative estimate of drug-likeness (QED) is 0.693. The van der Waals surface area contributed by atoms with E-state index in [1.807, 2.05) is 37.3 Å². The Hall–Kier alpha value is -1.77. The number of halogens is 2. The zero-order valence-corrected chi connectivity index (χ0v) is 13.0. The van der Waals surface area contributed by atoms with Gasteiger partial charge >= 0.3 is 0 Å². The standard InChI is InChI=1S/C17H14Cl2N2/c1-11-8-12(14-4-2-3-5-17(14)21-11)10-20-13-6-7-15(18)16(19)9-13/h2-9,20H,10H2,1H3. The lowest BCUT2D eigenvalue weighted by Gasteiger charge is -2.11. The zero-order chi connectivity index (χ0) is 14.8. The first-order valence-corrected chi connectivity index (χ1v) is 7.43. The molecule has 0 unspecified atom stereocenters. The van der Waals surface area contributed by atoms with Crippen LogP contribution < -0.4 is 5.32 Å². The predicted molar refractivity (Wildman–Crippen MR) is 90.3 cm³/mol. The van der Waals surface area contributed by atoms with E-state index in [1.165, 1.54) is 5.56 Å². The molecule has 4 heteroatoms. The lowest BCUT2D eigenvalue weighted by Crippen LogP contribution is -2.01. The predicted octanol–water partition coefficient (Wildman–Crippen LogP) is 5.46. The number of pyridine rings is 1. The third-order valence-electron chi connectivity index (χ3n) is 3.33.